The molecule has 0 spiro atoms. The molecule has 2 aromatic carbocycles. The maximum atomic E-state index is 12.5. The van der Waals surface area contributed by atoms with E-state index in [1.54, 1.807) is 11.3 Å². The summed E-state index contributed by atoms with van der Waals surface area (Å²) in [6.07, 6.45) is 0. The van der Waals surface area contributed by atoms with E-state index in [9.17, 15) is 4.21 Å². The zero-order chi connectivity index (χ0) is 14.1. The van der Waals surface area contributed by atoms with Gasteiger partial charge in [-0.1, -0.05) is 24.3 Å². The van der Waals surface area contributed by atoms with Crippen molar-refractivity contribution in [2.24, 2.45) is 0 Å². The van der Waals surface area contributed by atoms with Crippen LogP contribution < -0.4 is 5.73 Å². The summed E-state index contributed by atoms with van der Waals surface area (Å²) in [5.41, 5.74) is 8.80. The number of hydrogen-bond acceptors (Lipinski definition) is 3. The Balaban J connectivity index is 1.92. The van der Waals surface area contributed by atoms with Gasteiger partial charge in [-0.3, -0.25) is 4.21 Å². The Labute approximate surface area is 124 Å². The van der Waals surface area contributed by atoms with Crippen molar-refractivity contribution < 1.29 is 4.21 Å². The van der Waals surface area contributed by atoms with Crippen LogP contribution in [0, 0.1) is 6.92 Å². The number of nitrogens with two attached hydrogens (primary N) is 1. The van der Waals surface area contributed by atoms with Crippen LogP contribution in [0.25, 0.3) is 10.1 Å². The van der Waals surface area contributed by atoms with Crippen LogP contribution in [0.3, 0.4) is 0 Å². The second-order valence-electron chi connectivity index (χ2n) is 4.79. The van der Waals surface area contributed by atoms with E-state index in [1.807, 2.05) is 37.3 Å². The molecule has 2 N–H and O–H groups in total. The molecule has 4 heteroatoms. The molecule has 0 radical (unpaired) electrons. The Bertz CT molecular complexity index is 792. The van der Waals surface area contributed by atoms with Crippen LogP contribution in [-0.2, 0) is 16.6 Å². The van der Waals surface area contributed by atoms with Crippen molar-refractivity contribution in [2.75, 3.05) is 5.73 Å². The Morgan fingerprint density at radius 3 is 2.80 bits per heavy atom. The molecule has 1 unspecified atom stereocenters. The molecule has 0 aliphatic carbocycles. The number of rotatable bonds is 3. The molecule has 0 bridgehead atoms. The molecule has 20 heavy (non-hydrogen) atoms. The van der Waals surface area contributed by atoms with E-state index in [4.69, 9.17) is 5.73 Å². The molecule has 1 atom stereocenters. The number of hydrogen-bond donors (Lipinski definition) is 1. The van der Waals surface area contributed by atoms with Gasteiger partial charge in [-0.25, -0.2) is 0 Å². The fraction of sp³-hybridized carbons (Fsp3) is 0.125. The van der Waals surface area contributed by atoms with Crippen molar-refractivity contribution in [1.82, 2.24) is 0 Å². The molecule has 1 heterocycles. The van der Waals surface area contributed by atoms with Crippen molar-refractivity contribution in [2.45, 2.75) is 17.6 Å². The average molecular weight is 301 g/mol. The van der Waals surface area contributed by atoms with Gasteiger partial charge in [0.2, 0.25) is 0 Å². The minimum absolute atomic E-state index is 0.511. The van der Waals surface area contributed by atoms with E-state index in [-0.39, 0.29) is 0 Å². The van der Waals surface area contributed by atoms with Gasteiger partial charge < -0.3 is 5.73 Å². The first-order chi connectivity index (χ1) is 9.65. The predicted molar refractivity (Wildman–Crippen MR) is 87.5 cm³/mol. The monoisotopic (exact) mass is 301 g/mol. The van der Waals surface area contributed by atoms with E-state index >= 15 is 0 Å². The van der Waals surface area contributed by atoms with Crippen LogP contribution in [-0.4, -0.2) is 4.21 Å². The molecule has 1 aromatic heterocycles. The molecule has 0 fully saturated rings. The second kappa shape index (κ2) is 5.38. The van der Waals surface area contributed by atoms with Gasteiger partial charge in [-0.05, 0) is 47.0 Å². The first-order valence-electron chi connectivity index (χ1n) is 6.35. The number of aryl methyl sites for hydroxylation is 1. The highest BCUT2D eigenvalue weighted by Gasteiger charge is 2.12. The molecule has 0 aliphatic rings. The Morgan fingerprint density at radius 1 is 1.20 bits per heavy atom. The number of anilines is 1. The third-order valence-electron chi connectivity index (χ3n) is 3.26. The zero-order valence-corrected chi connectivity index (χ0v) is 12.8. The van der Waals surface area contributed by atoms with E-state index in [1.165, 1.54) is 10.1 Å². The minimum atomic E-state index is -1.11. The van der Waals surface area contributed by atoms with Gasteiger partial charge in [0.25, 0.3) is 0 Å². The summed E-state index contributed by atoms with van der Waals surface area (Å²) in [6.45, 7) is 1.98. The van der Waals surface area contributed by atoms with E-state index in [0.29, 0.717) is 11.4 Å². The van der Waals surface area contributed by atoms with E-state index < -0.39 is 10.8 Å². The Kier molecular flexibility index (Phi) is 3.59. The van der Waals surface area contributed by atoms with Gasteiger partial charge >= 0.3 is 0 Å². The summed E-state index contributed by atoms with van der Waals surface area (Å²) in [5.74, 6) is 0.511. The lowest BCUT2D eigenvalue weighted by Gasteiger charge is -2.06. The lowest BCUT2D eigenvalue weighted by Crippen LogP contribution is -2.01. The molecule has 102 valence electrons. The third kappa shape index (κ3) is 2.49. The lowest BCUT2D eigenvalue weighted by molar-refractivity contribution is 0.683. The fourth-order valence-corrected chi connectivity index (χ4v) is 4.53. The highest BCUT2D eigenvalue weighted by molar-refractivity contribution is 7.84. The van der Waals surface area contributed by atoms with Gasteiger partial charge in [0.05, 0.1) is 21.4 Å². The van der Waals surface area contributed by atoms with Crippen LogP contribution in [0.2, 0.25) is 0 Å². The normalized spacial score (nSPS) is 12.7. The Morgan fingerprint density at radius 2 is 2.00 bits per heavy atom. The zero-order valence-electron chi connectivity index (χ0n) is 11.1. The minimum Gasteiger partial charge on any atom is -0.398 e. The van der Waals surface area contributed by atoms with Gasteiger partial charge in [0, 0.05) is 10.4 Å². The number of thiophene rings is 1. The van der Waals surface area contributed by atoms with Gasteiger partial charge in [-0.2, -0.15) is 0 Å². The quantitative estimate of drug-likeness (QED) is 0.740. The summed E-state index contributed by atoms with van der Waals surface area (Å²) in [4.78, 5) is 0.728. The number of fused-ring (bicyclic) bond motifs is 1. The summed E-state index contributed by atoms with van der Waals surface area (Å²) < 4.78 is 13.8. The maximum Gasteiger partial charge on any atom is 0.0621 e. The highest BCUT2D eigenvalue weighted by atomic mass is 32.2. The molecule has 2 nitrogen and oxygen atoms in total. The predicted octanol–water partition coefficient (Wildman–Crippen LogP) is 4.10. The fourth-order valence-electron chi connectivity index (χ4n) is 2.24. The van der Waals surface area contributed by atoms with Crippen LogP contribution in [0.4, 0.5) is 5.69 Å². The van der Waals surface area contributed by atoms with Gasteiger partial charge in [0.1, 0.15) is 0 Å². The largest absolute Gasteiger partial charge is 0.398 e. The van der Waals surface area contributed by atoms with Gasteiger partial charge in [-0.15, -0.1) is 11.3 Å². The van der Waals surface area contributed by atoms with E-state index in [0.717, 1.165) is 16.0 Å². The Hall–Kier alpha value is -1.65. The molecule has 3 aromatic rings. The van der Waals surface area contributed by atoms with Crippen molar-refractivity contribution in [1.29, 1.82) is 0 Å². The summed E-state index contributed by atoms with van der Waals surface area (Å²) in [6, 6.07) is 13.9. The van der Waals surface area contributed by atoms with Crippen molar-refractivity contribution in [3.63, 3.8) is 0 Å². The second-order valence-corrected chi connectivity index (χ2v) is 7.12. The van der Waals surface area contributed by atoms with Gasteiger partial charge in [0.15, 0.2) is 0 Å². The van der Waals surface area contributed by atoms with E-state index in [2.05, 4.69) is 17.5 Å². The SMILES string of the molecule is Cc1ccc(S(=O)Cc2csc3ccccc23)c(N)c1. The van der Waals surface area contributed by atoms with Crippen LogP contribution in [0.15, 0.2) is 52.7 Å². The number of nitrogen functional groups attached to an aromatic ring is 1. The standard InChI is InChI=1S/C16H15NOS2/c1-11-6-7-16(14(17)8-11)20(18)10-12-9-19-15-5-3-2-4-13(12)15/h2-9H,10,17H2,1H3. The first kappa shape index (κ1) is 13.3. The highest BCUT2D eigenvalue weighted by Crippen LogP contribution is 2.28. The third-order valence-corrected chi connectivity index (χ3v) is 5.71. The molecule has 0 saturated heterocycles. The van der Waals surface area contributed by atoms with Crippen molar-refractivity contribution in [3.05, 3.63) is 59.0 Å². The summed E-state index contributed by atoms with van der Waals surface area (Å²) in [7, 11) is -1.11. The average Bonchev–Trinajstić information content (AvgIpc) is 2.82. The van der Waals surface area contributed by atoms with Crippen LogP contribution in [0.1, 0.15) is 11.1 Å². The van der Waals surface area contributed by atoms with Crippen LogP contribution in [0.5, 0.6) is 0 Å². The molecular formula is C16H15NOS2. The smallest absolute Gasteiger partial charge is 0.0621 e. The first-order valence-corrected chi connectivity index (χ1v) is 8.54. The topological polar surface area (TPSA) is 43.1 Å². The van der Waals surface area contributed by atoms with Crippen molar-refractivity contribution in [3.8, 4) is 0 Å². The summed E-state index contributed by atoms with van der Waals surface area (Å²) >= 11 is 1.69. The van der Waals surface area contributed by atoms with Crippen LogP contribution >= 0.6 is 11.3 Å². The van der Waals surface area contributed by atoms with Crippen molar-refractivity contribution >= 4 is 37.9 Å². The molecule has 0 aliphatic heterocycles. The summed E-state index contributed by atoms with van der Waals surface area (Å²) in [5, 5.41) is 3.28. The molecular weight excluding hydrogens is 286 g/mol. The molecule has 0 amide bonds. The molecule has 3 rings (SSSR count). The number of benzene rings is 2. The molecule has 0 saturated carbocycles. The maximum absolute atomic E-state index is 12.5. The lowest BCUT2D eigenvalue weighted by atomic mass is 10.2.